The van der Waals surface area contributed by atoms with Gasteiger partial charge in [-0.05, 0) is 5.56 Å². The highest BCUT2D eigenvalue weighted by atomic mass is 16.6. The number of rotatable bonds is 6. The number of esters is 1. The highest BCUT2D eigenvalue weighted by Gasteiger charge is 2.45. The molecule has 8 N–H and O–H groups in total. The molecule has 0 aliphatic carbocycles. The van der Waals surface area contributed by atoms with Crippen LogP contribution in [0.5, 0.6) is 0 Å². The molecule has 1 fully saturated rings. The van der Waals surface area contributed by atoms with Gasteiger partial charge in [-0.2, -0.15) is 0 Å². The van der Waals surface area contributed by atoms with Gasteiger partial charge in [0.05, 0.1) is 6.61 Å². The summed E-state index contributed by atoms with van der Waals surface area (Å²) in [5.41, 5.74) is 6.04. The molecule has 1 heterocycles. The first-order valence-corrected chi connectivity index (χ1v) is 7.87. The van der Waals surface area contributed by atoms with E-state index in [1.165, 1.54) is 0 Å². The van der Waals surface area contributed by atoms with Crippen molar-refractivity contribution in [3.63, 3.8) is 0 Å². The van der Waals surface area contributed by atoms with Crippen LogP contribution >= 0.6 is 0 Å². The van der Waals surface area contributed by atoms with Crippen molar-refractivity contribution in [2.75, 3.05) is 6.61 Å². The third-order valence-electron chi connectivity index (χ3n) is 3.95. The summed E-state index contributed by atoms with van der Waals surface area (Å²) < 4.78 is 9.90. The van der Waals surface area contributed by atoms with E-state index >= 15 is 0 Å². The first kappa shape index (κ1) is 20.1. The molecule has 5 atom stereocenters. The molecule has 1 aliphatic heterocycles. The van der Waals surface area contributed by atoms with Gasteiger partial charge >= 0.3 is 5.97 Å². The van der Waals surface area contributed by atoms with Crippen molar-refractivity contribution in [1.29, 1.82) is 0 Å². The van der Waals surface area contributed by atoms with Gasteiger partial charge in [-0.25, -0.2) is 10.6 Å². The molecule has 2 rings (SSSR count). The maximum atomic E-state index is 11.9. The van der Waals surface area contributed by atoms with E-state index in [9.17, 15) is 20.1 Å². The van der Waals surface area contributed by atoms with Crippen LogP contribution in [0.4, 0.5) is 0 Å². The van der Waals surface area contributed by atoms with Crippen molar-refractivity contribution < 1.29 is 34.7 Å². The summed E-state index contributed by atoms with van der Waals surface area (Å²) in [5, 5.41) is 39.7. The van der Waals surface area contributed by atoms with Gasteiger partial charge in [0, 0.05) is 6.20 Å². The maximum Gasteiger partial charge on any atom is 0.356 e. The molecule has 0 saturated carbocycles. The lowest BCUT2D eigenvalue weighted by molar-refractivity contribution is -0.273. The summed E-state index contributed by atoms with van der Waals surface area (Å²) in [6, 6.07) is 7.68. The predicted octanol–water partition coefficient (Wildman–Crippen LogP) is -2.49. The van der Waals surface area contributed by atoms with Crippen LogP contribution < -0.4 is 11.6 Å². The number of aliphatic hydroxyl groups excluding tert-OH is 4. The van der Waals surface area contributed by atoms with Crippen LogP contribution in [0.3, 0.4) is 0 Å². The molecule has 1 aromatic carbocycles. The van der Waals surface area contributed by atoms with Crippen molar-refractivity contribution in [3.05, 3.63) is 47.8 Å². The molecule has 10 heteroatoms. The highest BCUT2D eigenvalue weighted by Crippen LogP contribution is 2.23. The Morgan fingerprint density at radius 1 is 1.23 bits per heavy atom. The van der Waals surface area contributed by atoms with Gasteiger partial charge < -0.3 is 40.6 Å². The van der Waals surface area contributed by atoms with Crippen LogP contribution in [0.15, 0.2) is 42.2 Å². The Morgan fingerprint density at radius 2 is 1.88 bits per heavy atom. The lowest BCUT2D eigenvalue weighted by Crippen LogP contribution is -2.65. The van der Waals surface area contributed by atoms with Crippen molar-refractivity contribution in [2.45, 2.75) is 37.3 Å². The van der Waals surface area contributed by atoms with Gasteiger partial charge in [0.2, 0.25) is 0 Å². The van der Waals surface area contributed by atoms with E-state index in [0.717, 1.165) is 16.8 Å². The Balaban J connectivity index is 2.02. The SMILES string of the molecule is N/C(=C\N(N)C1C(O)[C@H](O)OC(CO)[C@@H]1O)C(=O)OCc1ccccc1. The third kappa shape index (κ3) is 4.69. The Morgan fingerprint density at radius 3 is 2.50 bits per heavy atom. The summed E-state index contributed by atoms with van der Waals surface area (Å²) in [5.74, 6) is 4.91. The van der Waals surface area contributed by atoms with E-state index in [4.69, 9.17) is 26.2 Å². The molecule has 1 saturated heterocycles. The van der Waals surface area contributed by atoms with E-state index < -0.39 is 43.2 Å². The summed E-state index contributed by atoms with van der Waals surface area (Å²) in [6.07, 6.45) is -4.90. The summed E-state index contributed by atoms with van der Waals surface area (Å²) in [4.78, 5) is 11.9. The molecule has 0 radical (unpaired) electrons. The van der Waals surface area contributed by atoms with Gasteiger partial charge in [-0.1, -0.05) is 30.3 Å². The summed E-state index contributed by atoms with van der Waals surface area (Å²) >= 11 is 0. The molecule has 0 aromatic heterocycles. The quantitative estimate of drug-likeness (QED) is 0.136. The Bertz CT molecular complexity index is 628. The van der Waals surface area contributed by atoms with Gasteiger partial charge in [0.15, 0.2) is 6.29 Å². The number of carbonyl (C=O) groups is 1. The fourth-order valence-electron chi connectivity index (χ4n) is 2.54. The second kappa shape index (κ2) is 8.94. The number of aliphatic hydroxyl groups is 4. The Hall–Kier alpha value is -2.21. The van der Waals surface area contributed by atoms with Crippen LogP contribution in [0, 0.1) is 0 Å². The topological polar surface area (TPSA) is 172 Å². The van der Waals surface area contributed by atoms with E-state index in [2.05, 4.69) is 0 Å². The fraction of sp³-hybridized carbons (Fsp3) is 0.438. The van der Waals surface area contributed by atoms with Crippen LogP contribution in [-0.4, -0.2) is 68.7 Å². The van der Waals surface area contributed by atoms with Crippen molar-refractivity contribution >= 4 is 5.97 Å². The number of nitrogens with two attached hydrogens (primary N) is 2. The second-order valence-corrected chi connectivity index (χ2v) is 5.81. The minimum absolute atomic E-state index is 0.00655. The number of carbonyl (C=O) groups excluding carboxylic acids is 1. The van der Waals surface area contributed by atoms with E-state index in [0.29, 0.717) is 0 Å². The number of ether oxygens (including phenoxy) is 2. The minimum Gasteiger partial charge on any atom is -0.456 e. The Kier molecular flexibility index (Phi) is 6.91. The van der Waals surface area contributed by atoms with Crippen LogP contribution in [0.1, 0.15) is 5.56 Å². The van der Waals surface area contributed by atoms with E-state index in [1.807, 2.05) is 6.07 Å². The first-order chi connectivity index (χ1) is 12.3. The van der Waals surface area contributed by atoms with Crippen molar-refractivity contribution in [2.24, 2.45) is 11.6 Å². The van der Waals surface area contributed by atoms with E-state index in [-0.39, 0.29) is 12.3 Å². The number of hydrogen-bond donors (Lipinski definition) is 6. The molecule has 26 heavy (non-hydrogen) atoms. The standard InChI is InChI=1S/C16H23N3O7/c17-10(15(23)25-8-9-4-2-1-3-5-9)6-19(18)12-13(21)11(7-20)26-16(24)14(12)22/h1-6,11-14,16,20-22,24H,7-8,17-18H2/b10-6-/t11?,12?,13-,14?,16+/m0/s1. The van der Waals surface area contributed by atoms with Gasteiger partial charge in [-0.15, -0.1) is 0 Å². The molecule has 1 aliphatic rings. The van der Waals surface area contributed by atoms with Crippen molar-refractivity contribution in [3.8, 4) is 0 Å². The zero-order chi connectivity index (χ0) is 19.3. The molecule has 0 bridgehead atoms. The number of hydrogen-bond acceptors (Lipinski definition) is 10. The van der Waals surface area contributed by atoms with Gasteiger partial charge in [-0.3, -0.25) is 0 Å². The monoisotopic (exact) mass is 369 g/mol. The maximum absolute atomic E-state index is 11.9. The number of benzene rings is 1. The number of nitrogens with zero attached hydrogens (tertiary/aromatic N) is 1. The molecule has 3 unspecified atom stereocenters. The zero-order valence-electron chi connectivity index (χ0n) is 13.9. The molecule has 0 spiro atoms. The molecular weight excluding hydrogens is 346 g/mol. The first-order valence-electron chi connectivity index (χ1n) is 7.87. The summed E-state index contributed by atoms with van der Waals surface area (Å²) in [7, 11) is 0. The second-order valence-electron chi connectivity index (χ2n) is 5.81. The average Bonchev–Trinajstić information content (AvgIpc) is 2.63. The predicted molar refractivity (Wildman–Crippen MR) is 88.3 cm³/mol. The molecule has 1 aromatic rings. The fourth-order valence-corrected chi connectivity index (χ4v) is 2.54. The lowest BCUT2D eigenvalue weighted by Gasteiger charge is -2.43. The van der Waals surface area contributed by atoms with Gasteiger partial charge in [0.1, 0.15) is 36.7 Å². The van der Waals surface area contributed by atoms with Crippen LogP contribution in [0.2, 0.25) is 0 Å². The average molecular weight is 369 g/mol. The largest absolute Gasteiger partial charge is 0.456 e. The Labute approximate surface area is 149 Å². The smallest absolute Gasteiger partial charge is 0.356 e. The summed E-state index contributed by atoms with van der Waals surface area (Å²) in [6.45, 7) is -0.597. The molecule has 144 valence electrons. The van der Waals surface area contributed by atoms with Crippen LogP contribution in [0.25, 0.3) is 0 Å². The normalized spacial score (nSPS) is 29.3. The van der Waals surface area contributed by atoms with Crippen molar-refractivity contribution in [1.82, 2.24) is 5.01 Å². The lowest BCUT2D eigenvalue weighted by atomic mass is 9.96. The third-order valence-corrected chi connectivity index (χ3v) is 3.95. The van der Waals surface area contributed by atoms with Gasteiger partial charge in [0.25, 0.3) is 0 Å². The molecule has 0 amide bonds. The van der Waals surface area contributed by atoms with Crippen LogP contribution in [-0.2, 0) is 20.9 Å². The molecule has 10 nitrogen and oxygen atoms in total. The van der Waals surface area contributed by atoms with E-state index in [1.54, 1.807) is 24.3 Å². The highest BCUT2D eigenvalue weighted by molar-refractivity contribution is 5.87. The number of hydrazine groups is 1. The minimum atomic E-state index is -1.67. The zero-order valence-corrected chi connectivity index (χ0v) is 13.9. The molecular formula is C16H23N3O7.